The first-order valence-corrected chi connectivity index (χ1v) is 4.07. The number of hydrogen-bond acceptors (Lipinski definition) is 2. The fraction of sp³-hybridized carbons (Fsp3) is 0.500. The normalized spacial score (nSPS) is 11.7. The van der Waals surface area contributed by atoms with Crippen molar-refractivity contribution >= 4 is 25.8 Å². The highest BCUT2D eigenvalue weighted by Gasteiger charge is 1.93. The van der Waals surface area contributed by atoms with E-state index in [1.54, 1.807) is 0 Å². The van der Waals surface area contributed by atoms with Gasteiger partial charge in [-0.1, -0.05) is 15.9 Å². The van der Waals surface area contributed by atoms with Crippen LogP contribution in [0.4, 0.5) is 0 Å². The van der Waals surface area contributed by atoms with Gasteiger partial charge in [-0.2, -0.15) is 0 Å². The van der Waals surface area contributed by atoms with E-state index in [0.717, 1.165) is 10.9 Å². The summed E-state index contributed by atoms with van der Waals surface area (Å²) in [5.74, 6) is 0. The number of sulfone groups is 1. The van der Waals surface area contributed by atoms with Gasteiger partial charge in [-0.15, -0.1) is 0 Å². The average Bonchev–Trinajstić information content (AvgIpc) is 1.35. The standard InChI is InChI=1S/C2H4BrO2S/c1-6(4,5)2-3/h2H,1H3. The molecule has 4 heteroatoms. The van der Waals surface area contributed by atoms with Crippen molar-refractivity contribution in [2.45, 2.75) is 0 Å². The molecule has 0 aliphatic rings. The van der Waals surface area contributed by atoms with Gasteiger partial charge >= 0.3 is 0 Å². The Labute approximate surface area is 45.6 Å². The van der Waals surface area contributed by atoms with Crippen LogP contribution in [0.5, 0.6) is 0 Å². The lowest BCUT2D eigenvalue weighted by Crippen LogP contribution is -1.88. The molecule has 1 radical (unpaired) electrons. The third-order valence-corrected chi connectivity index (χ3v) is 2.52. The molecule has 0 bridgehead atoms. The van der Waals surface area contributed by atoms with E-state index < -0.39 is 9.84 Å². The molecule has 0 fully saturated rings. The molecule has 0 N–H and O–H groups in total. The van der Waals surface area contributed by atoms with Crippen molar-refractivity contribution in [3.63, 3.8) is 0 Å². The highest BCUT2D eigenvalue weighted by molar-refractivity contribution is 9.12. The molecule has 0 aromatic carbocycles. The van der Waals surface area contributed by atoms with Crippen LogP contribution in [0.1, 0.15) is 0 Å². The van der Waals surface area contributed by atoms with Crippen LogP contribution in [-0.2, 0) is 9.84 Å². The van der Waals surface area contributed by atoms with Gasteiger partial charge in [0.1, 0.15) is 4.66 Å². The van der Waals surface area contributed by atoms with Gasteiger partial charge in [0, 0.05) is 6.26 Å². The Morgan fingerprint density at radius 3 is 1.83 bits per heavy atom. The van der Waals surface area contributed by atoms with E-state index in [1.807, 2.05) is 0 Å². The van der Waals surface area contributed by atoms with Crippen molar-refractivity contribution < 1.29 is 8.42 Å². The summed E-state index contributed by atoms with van der Waals surface area (Å²) in [6.45, 7) is 0. The van der Waals surface area contributed by atoms with Crippen molar-refractivity contribution in [2.24, 2.45) is 0 Å². The van der Waals surface area contributed by atoms with E-state index in [4.69, 9.17) is 0 Å². The van der Waals surface area contributed by atoms with Crippen LogP contribution in [0.3, 0.4) is 0 Å². The second-order valence-electron chi connectivity index (χ2n) is 0.919. The zero-order chi connectivity index (χ0) is 5.21. The molecule has 0 aromatic heterocycles. The van der Waals surface area contributed by atoms with Crippen LogP contribution in [0.15, 0.2) is 0 Å². The Bertz CT molecular complexity index is 114. The molecule has 0 aliphatic heterocycles. The van der Waals surface area contributed by atoms with E-state index >= 15 is 0 Å². The summed E-state index contributed by atoms with van der Waals surface area (Å²) in [6, 6.07) is 0. The van der Waals surface area contributed by atoms with Crippen molar-refractivity contribution in [1.29, 1.82) is 0 Å². The molecule has 0 atom stereocenters. The second-order valence-corrected chi connectivity index (χ2v) is 3.88. The summed E-state index contributed by atoms with van der Waals surface area (Å²) < 4.78 is 20.8. The predicted octanol–water partition coefficient (Wildman–Crippen LogP) is 0.545. The maximum atomic E-state index is 9.90. The fourth-order valence-electron chi connectivity index (χ4n) is 0. The molecule has 0 unspecified atom stereocenters. The number of rotatable bonds is 1. The molecule has 0 saturated carbocycles. The van der Waals surface area contributed by atoms with Gasteiger partial charge in [-0.25, -0.2) is 8.42 Å². The Morgan fingerprint density at radius 2 is 1.83 bits per heavy atom. The quantitative estimate of drug-likeness (QED) is 0.578. The highest BCUT2D eigenvalue weighted by atomic mass is 79.9. The maximum absolute atomic E-state index is 9.90. The minimum Gasteiger partial charge on any atom is -0.228 e. The van der Waals surface area contributed by atoms with Crippen LogP contribution in [0, 0.1) is 4.66 Å². The van der Waals surface area contributed by atoms with Crippen LogP contribution in [0.2, 0.25) is 0 Å². The van der Waals surface area contributed by atoms with Gasteiger partial charge < -0.3 is 0 Å². The summed E-state index contributed by atoms with van der Waals surface area (Å²) in [6.07, 6.45) is 1.11. The largest absolute Gasteiger partial charge is 0.228 e. The highest BCUT2D eigenvalue weighted by Crippen LogP contribution is 1.95. The molecule has 0 heterocycles. The molecule has 2 nitrogen and oxygen atoms in total. The van der Waals surface area contributed by atoms with Crippen molar-refractivity contribution in [1.82, 2.24) is 0 Å². The lowest BCUT2D eigenvalue weighted by molar-refractivity contribution is 0.609. The number of hydrogen-bond donors (Lipinski definition) is 0. The first-order chi connectivity index (χ1) is 2.56. The Hall–Kier alpha value is 0.430. The summed E-state index contributed by atoms with van der Waals surface area (Å²) in [5, 5.41) is 0. The molecule has 0 spiro atoms. The minimum absolute atomic E-state index is 0.972. The molecule has 6 heavy (non-hydrogen) atoms. The van der Waals surface area contributed by atoms with Crippen LogP contribution in [-0.4, -0.2) is 14.7 Å². The second kappa shape index (κ2) is 1.93. The van der Waals surface area contributed by atoms with E-state index in [2.05, 4.69) is 15.9 Å². The lowest BCUT2D eigenvalue weighted by atomic mass is 11.9. The summed E-state index contributed by atoms with van der Waals surface area (Å²) >= 11 is 2.66. The molecular weight excluding hydrogens is 168 g/mol. The number of halogens is 1. The topological polar surface area (TPSA) is 34.1 Å². The van der Waals surface area contributed by atoms with Gasteiger partial charge in [0.25, 0.3) is 0 Å². The van der Waals surface area contributed by atoms with Crippen LogP contribution >= 0.6 is 15.9 Å². The van der Waals surface area contributed by atoms with Gasteiger partial charge in [-0.3, -0.25) is 0 Å². The van der Waals surface area contributed by atoms with Crippen LogP contribution < -0.4 is 0 Å². The molecule has 0 saturated heterocycles. The zero-order valence-electron chi connectivity index (χ0n) is 3.18. The summed E-state index contributed by atoms with van der Waals surface area (Å²) in [7, 11) is -2.87. The Kier molecular flexibility index (Phi) is 2.07. The van der Waals surface area contributed by atoms with E-state index in [9.17, 15) is 8.42 Å². The van der Waals surface area contributed by atoms with Gasteiger partial charge in [0.15, 0.2) is 9.84 Å². The molecule has 0 aromatic rings. The summed E-state index contributed by atoms with van der Waals surface area (Å²) in [4.78, 5) is 0. The molecule has 0 rings (SSSR count). The molecular formula is C2H4BrO2S. The molecule has 0 aliphatic carbocycles. The third kappa shape index (κ3) is 4.43. The van der Waals surface area contributed by atoms with Gasteiger partial charge in [0.2, 0.25) is 0 Å². The molecule has 0 amide bonds. The Morgan fingerprint density at radius 1 is 1.67 bits per heavy atom. The van der Waals surface area contributed by atoms with Crippen molar-refractivity contribution in [2.75, 3.05) is 6.26 Å². The first kappa shape index (κ1) is 6.43. The first-order valence-electron chi connectivity index (χ1n) is 1.20. The van der Waals surface area contributed by atoms with Gasteiger partial charge in [-0.05, 0) is 0 Å². The van der Waals surface area contributed by atoms with Crippen molar-refractivity contribution in [3.8, 4) is 0 Å². The zero-order valence-corrected chi connectivity index (χ0v) is 5.58. The fourth-order valence-corrected chi connectivity index (χ4v) is 0. The van der Waals surface area contributed by atoms with Crippen LogP contribution in [0.25, 0.3) is 0 Å². The third-order valence-electron chi connectivity index (χ3n) is 0.162. The minimum atomic E-state index is -2.87. The maximum Gasteiger partial charge on any atom is 0.162 e. The smallest absolute Gasteiger partial charge is 0.162 e. The molecule has 37 valence electrons. The SMILES string of the molecule is CS(=O)(=O)[CH]Br. The average molecular weight is 172 g/mol. The monoisotopic (exact) mass is 171 g/mol. The van der Waals surface area contributed by atoms with E-state index in [0.29, 0.717) is 0 Å². The van der Waals surface area contributed by atoms with E-state index in [1.165, 1.54) is 0 Å². The predicted molar refractivity (Wildman–Crippen MR) is 28.1 cm³/mol. The van der Waals surface area contributed by atoms with Gasteiger partial charge in [0.05, 0.1) is 0 Å². The lowest BCUT2D eigenvalue weighted by Gasteiger charge is -1.78. The van der Waals surface area contributed by atoms with Crippen molar-refractivity contribution in [3.05, 3.63) is 4.66 Å². The summed E-state index contributed by atoms with van der Waals surface area (Å²) in [5.41, 5.74) is 0. The van der Waals surface area contributed by atoms with E-state index in [-0.39, 0.29) is 0 Å². The Balaban J connectivity index is 3.85.